The van der Waals surface area contributed by atoms with Gasteiger partial charge in [0.25, 0.3) is 0 Å². The number of para-hydroxylation sites is 1. The molecule has 0 spiro atoms. The Balaban J connectivity index is 2.23. The molecular weight excluding hydrogens is 320 g/mol. The van der Waals surface area contributed by atoms with Crippen molar-refractivity contribution in [2.24, 2.45) is 0 Å². The molecule has 21 heavy (non-hydrogen) atoms. The maximum absolute atomic E-state index is 12.6. The van der Waals surface area contributed by atoms with Gasteiger partial charge in [-0.1, -0.05) is 18.2 Å². The number of hydrogen-bond acceptors (Lipinski definition) is 4. The lowest BCUT2D eigenvalue weighted by Gasteiger charge is -2.10. The minimum absolute atomic E-state index is 0.0563. The van der Waals surface area contributed by atoms with Gasteiger partial charge in [0.05, 0.1) is 17.0 Å². The smallest absolute Gasteiger partial charge is 0.325 e. The summed E-state index contributed by atoms with van der Waals surface area (Å²) in [5.74, 6) is -4.00. The average Bonchev–Trinajstić information content (AvgIpc) is 2.91. The lowest BCUT2D eigenvalue weighted by atomic mass is 10.3. The van der Waals surface area contributed by atoms with E-state index in [0.29, 0.717) is 0 Å². The summed E-state index contributed by atoms with van der Waals surface area (Å²) < 4.78 is 48.3. The standard InChI is InChI=1S/C13H11F2NO3S2/c14-13(15)21(18,19)11-6-2-1-5-10(11)16-12(17)8-9-4-3-7-20-9/h1-7,13H,8H2,(H,16,17). The molecule has 0 saturated carbocycles. The van der Waals surface area contributed by atoms with Gasteiger partial charge in [0.1, 0.15) is 0 Å². The summed E-state index contributed by atoms with van der Waals surface area (Å²) in [5, 5.41) is 4.17. The van der Waals surface area contributed by atoms with Gasteiger partial charge in [-0.3, -0.25) is 4.79 Å². The lowest BCUT2D eigenvalue weighted by molar-refractivity contribution is -0.115. The molecule has 0 radical (unpaired) electrons. The molecule has 0 aliphatic heterocycles. The third kappa shape index (κ3) is 3.64. The molecule has 2 aromatic rings. The van der Waals surface area contributed by atoms with Crippen molar-refractivity contribution in [2.75, 3.05) is 5.32 Å². The van der Waals surface area contributed by atoms with E-state index in [9.17, 15) is 22.0 Å². The summed E-state index contributed by atoms with van der Waals surface area (Å²) in [7, 11) is -4.76. The van der Waals surface area contributed by atoms with Gasteiger partial charge in [0.2, 0.25) is 15.7 Å². The Morgan fingerprint density at radius 2 is 1.90 bits per heavy atom. The zero-order valence-electron chi connectivity index (χ0n) is 10.6. The Morgan fingerprint density at radius 3 is 2.52 bits per heavy atom. The molecule has 0 fully saturated rings. The Labute approximate surface area is 124 Å². The number of sulfone groups is 1. The first-order valence-corrected chi connectivity index (χ1v) is 8.27. The monoisotopic (exact) mass is 331 g/mol. The van der Waals surface area contributed by atoms with Crippen LogP contribution in [0, 0.1) is 0 Å². The van der Waals surface area contributed by atoms with Crippen molar-refractivity contribution in [1.29, 1.82) is 0 Å². The Bertz CT molecular complexity index is 728. The van der Waals surface area contributed by atoms with Gasteiger partial charge in [-0.25, -0.2) is 8.42 Å². The Hall–Kier alpha value is -1.80. The third-order valence-corrected chi connectivity index (χ3v) is 4.93. The number of rotatable bonds is 5. The van der Waals surface area contributed by atoms with Crippen LogP contribution in [0.5, 0.6) is 0 Å². The first-order chi connectivity index (χ1) is 9.91. The molecule has 1 N–H and O–H groups in total. The van der Waals surface area contributed by atoms with E-state index in [1.54, 1.807) is 17.5 Å². The molecule has 0 bridgehead atoms. The van der Waals surface area contributed by atoms with Crippen molar-refractivity contribution in [3.8, 4) is 0 Å². The summed E-state index contributed by atoms with van der Waals surface area (Å²) in [4.78, 5) is 12.1. The van der Waals surface area contributed by atoms with Crippen molar-refractivity contribution in [3.05, 3.63) is 46.7 Å². The van der Waals surface area contributed by atoms with Crippen LogP contribution in [-0.4, -0.2) is 20.1 Å². The maximum atomic E-state index is 12.6. The predicted octanol–water partition coefficient (Wildman–Crippen LogP) is 2.93. The van der Waals surface area contributed by atoms with Crippen molar-refractivity contribution in [1.82, 2.24) is 0 Å². The molecule has 1 aromatic carbocycles. The summed E-state index contributed by atoms with van der Waals surface area (Å²) >= 11 is 1.38. The number of carbonyl (C=O) groups is 1. The van der Waals surface area contributed by atoms with Gasteiger partial charge in [-0.05, 0) is 23.6 Å². The second-order valence-electron chi connectivity index (χ2n) is 4.11. The molecule has 112 valence electrons. The number of carbonyl (C=O) groups excluding carboxylic acids is 1. The van der Waals surface area contributed by atoms with Crippen LogP contribution >= 0.6 is 11.3 Å². The molecule has 1 heterocycles. The molecule has 0 atom stereocenters. The average molecular weight is 331 g/mol. The molecular formula is C13H11F2NO3S2. The third-order valence-electron chi connectivity index (χ3n) is 2.62. The number of anilines is 1. The van der Waals surface area contributed by atoms with E-state index in [1.807, 2.05) is 0 Å². The van der Waals surface area contributed by atoms with Gasteiger partial charge < -0.3 is 5.32 Å². The quantitative estimate of drug-likeness (QED) is 0.916. The minimum Gasteiger partial charge on any atom is -0.325 e. The molecule has 8 heteroatoms. The number of alkyl halides is 2. The van der Waals surface area contributed by atoms with Crippen LogP contribution in [0.4, 0.5) is 14.5 Å². The normalized spacial score (nSPS) is 11.6. The van der Waals surface area contributed by atoms with E-state index < -0.39 is 26.4 Å². The molecule has 0 aliphatic rings. The van der Waals surface area contributed by atoms with E-state index in [0.717, 1.165) is 10.9 Å². The fourth-order valence-corrected chi connectivity index (χ4v) is 3.27. The number of nitrogens with one attached hydrogen (secondary N) is 1. The number of thiophene rings is 1. The molecule has 0 unspecified atom stereocenters. The molecule has 1 amide bonds. The van der Waals surface area contributed by atoms with E-state index in [2.05, 4.69) is 5.32 Å². The van der Waals surface area contributed by atoms with Gasteiger partial charge in [-0.15, -0.1) is 11.3 Å². The number of halogens is 2. The highest BCUT2D eigenvalue weighted by Gasteiger charge is 2.29. The predicted molar refractivity (Wildman–Crippen MR) is 76.3 cm³/mol. The topological polar surface area (TPSA) is 63.2 Å². The SMILES string of the molecule is O=C(Cc1cccs1)Nc1ccccc1S(=O)(=O)C(F)F. The highest BCUT2D eigenvalue weighted by Crippen LogP contribution is 2.26. The van der Waals surface area contributed by atoms with E-state index >= 15 is 0 Å². The van der Waals surface area contributed by atoms with Gasteiger partial charge >= 0.3 is 5.76 Å². The minimum atomic E-state index is -4.76. The number of benzene rings is 1. The summed E-state index contributed by atoms with van der Waals surface area (Å²) in [5.41, 5.74) is -0.139. The van der Waals surface area contributed by atoms with Crippen LogP contribution in [0.3, 0.4) is 0 Å². The van der Waals surface area contributed by atoms with Crippen molar-refractivity contribution in [3.63, 3.8) is 0 Å². The molecule has 0 aliphatic carbocycles. The second-order valence-corrected chi connectivity index (χ2v) is 7.02. The van der Waals surface area contributed by atoms with Crippen LogP contribution in [0.1, 0.15) is 4.88 Å². The first kappa shape index (κ1) is 15.6. The highest BCUT2D eigenvalue weighted by atomic mass is 32.2. The second kappa shape index (κ2) is 6.31. The van der Waals surface area contributed by atoms with E-state index in [1.165, 1.54) is 29.5 Å². The zero-order valence-corrected chi connectivity index (χ0v) is 12.3. The van der Waals surface area contributed by atoms with Gasteiger partial charge in [0.15, 0.2) is 0 Å². The fourth-order valence-electron chi connectivity index (χ4n) is 1.68. The molecule has 0 saturated heterocycles. The van der Waals surface area contributed by atoms with Crippen LogP contribution in [-0.2, 0) is 21.1 Å². The van der Waals surface area contributed by atoms with Crippen molar-refractivity contribution < 1.29 is 22.0 Å². The fraction of sp³-hybridized carbons (Fsp3) is 0.154. The molecule has 2 rings (SSSR count). The van der Waals surface area contributed by atoms with Crippen LogP contribution in [0.25, 0.3) is 0 Å². The van der Waals surface area contributed by atoms with Gasteiger partial charge in [0, 0.05) is 4.88 Å². The van der Waals surface area contributed by atoms with Crippen LogP contribution in [0.2, 0.25) is 0 Å². The Kier molecular flexibility index (Phi) is 4.69. The van der Waals surface area contributed by atoms with Crippen LogP contribution in [0.15, 0.2) is 46.7 Å². The summed E-state index contributed by atoms with van der Waals surface area (Å²) in [6.45, 7) is 0. The summed E-state index contributed by atoms with van der Waals surface area (Å²) in [6, 6.07) is 8.65. The number of hydrogen-bond donors (Lipinski definition) is 1. The van der Waals surface area contributed by atoms with Crippen molar-refractivity contribution in [2.45, 2.75) is 17.1 Å². The van der Waals surface area contributed by atoms with E-state index in [-0.39, 0.29) is 12.1 Å². The first-order valence-electron chi connectivity index (χ1n) is 5.84. The van der Waals surface area contributed by atoms with E-state index in [4.69, 9.17) is 0 Å². The van der Waals surface area contributed by atoms with Gasteiger partial charge in [-0.2, -0.15) is 8.78 Å². The Morgan fingerprint density at radius 1 is 1.19 bits per heavy atom. The largest absolute Gasteiger partial charge is 0.341 e. The summed E-state index contributed by atoms with van der Waals surface area (Å²) in [6.07, 6.45) is 0.0563. The molecule has 4 nitrogen and oxygen atoms in total. The number of amides is 1. The van der Waals surface area contributed by atoms with Crippen LogP contribution < -0.4 is 5.32 Å². The molecule has 1 aromatic heterocycles. The lowest BCUT2D eigenvalue weighted by Crippen LogP contribution is -2.18. The maximum Gasteiger partial charge on any atom is 0.341 e. The zero-order chi connectivity index (χ0) is 15.5. The van der Waals surface area contributed by atoms with Crippen molar-refractivity contribution >= 4 is 32.8 Å². The highest BCUT2D eigenvalue weighted by molar-refractivity contribution is 7.91.